The second-order valence-corrected chi connectivity index (χ2v) is 7.33. The third kappa shape index (κ3) is 4.37. The van der Waals surface area contributed by atoms with Crippen molar-refractivity contribution in [3.8, 4) is 0 Å². The molecule has 1 saturated heterocycles. The lowest BCUT2D eigenvalue weighted by molar-refractivity contribution is -0.137. The number of nitrogens with one attached hydrogen (secondary N) is 1. The summed E-state index contributed by atoms with van der Waals surface area (Å²) in [6.45, 7) is 1.51. The molecule has 30 heavy (non-hydrogen) atoms. The molecule has 0 saturated carbocycles. The van der Waals surface area contributed by atoms with E-state index < -0.39 is 11.7 Å². The number of alkyl halides is 3. The molecule has 1 amide bonds. The number of carbonyl (C=O) groups excluding carboxylic acids is 1. The van der Waals surface area contributed by atoms with Crippen LogP contribution in [0.15, 0.2) is 42.9 Å². The standard InChI is InChI=1S/C20H21F3N6O/c21-20(22,23)16-3-4-17-26-27-19(29(17)13-16)28-11-1-2-15(12-28)18(30)25-10-7-14-5-8-24-9-6-14/h3-6,8-9,13,15H,1-2,7,10-12H2,(H,25,30)/t15-/m1/s1. The van der Waals surface area contributed by atoms with Crippen LogP contribution in [0.25, 0.3) is 5.65 Å². The summed E-state index contributed by atoms with van der Waals surface area (Å²) in [7, 11) is 0. The Morgan fingerprint density at radius 1 is 1.17 bits per heavy atom. The maximum absolute atomic E-state index is 13.1. The number of hydrogen-bond donors (Lipinski definition) is 1. The molecule has 1 aliphatic heterocycles. The van der Waals surface area contributed by atoms with Gasteiger partial charge in [-0.05, 0) is 49.1 Å². The van der Waals surface area contributed by atoms with E-state index in [4.69, 9.17) is 0 Å². The third-order valence-corrected chi connectivity index (χ3v) is 5.25. The van der Waals surface area contributed by atoms with Crippen LogP contribution in [0.3, 0.4) is 0 Å². The Bertz CT molecular complexity index is 1020. The number of piperidine rings is 1. The Kier molecular flexibility index (Phi) is 5.56. The normalized spacial score (nSPS) is 17.3. The van der Waals surface area contributed by atoms with Crippen LogP contribution in [0, 0.1) is 5.92 Å². The largest absolute Gasteiger partial charge is 0.417 e. The average molecular weight is 418 g/mol. The molecule has 1 atom stereocenters. The SMILES string of the molecule is O=C(NCCc1ccncc1)[C@@H]1CCCN(c2nnc3ccc(C(F)(F)F)cn23)C1. The monoisotopic (exact) mass is 418 g/mol. The van der Waals surface area contributed by atoms with Crippen molar-refractivity contribution in [2.75, 3.05) is 24.5 Å². The highest BCUT2D eigenvalue weighted by Crippen LogP contribution is 2.30. The van der Waals surface area contributed by atoms with Crippen LogP contribution in [-0.2, 0) is 17.4 Å². The minimum absolute atomic E-state index is 0.0569. The molecular weight excluding hydrogens is 397 g/mol. The van der Waals surface area contributed by atoms with E-state index in [0.29, 0.717) is 37.7 Å². The Labute approximate surface area is 170 Å². The molecule has 0 aromatic carbocycles. The van der Waals surface area contributed by atoms with Crippen LogP contribution in [0.1, 0.15) is 24.0 Å². The summed E-state index contributed by atoms with van der Waals surface area (Å²) in [5, 5.41) is 11.0. The second-order valence-electron chi connectivity index (χ2n) is 7.33. The molecule has 4 heterocycles. The molecule has 0 spiro atoms. The quantitative estimate of drug-likeness (QED) is 0.690. The number of carbonyl (C=O) groups is 1. The fourth-order valence-corrected chi connectivity index (χ4v) is 3.66. The lowest BCUT2D eigenvalue weighted by Gasteiger charge is -2.32. The number of nitrogens with zero attached hydrogens (tertiary/aromatic N) is 5. The van der Waals surface area contributed by atoms with Crippen LogP contribution >= 0.6 is 0 Å². The molecule has 10 heteroatoms. The van der Waals surface area contributed by atoms with E-state index in [2.05, 4.69) is 20.5 Å². The zero-order valence-corrected chi connectivity index (χ0v) is 16.1. The summed E-state index contributed by atoms with van der Waals surface area (Å²) in [6.07, 6.45) is 2.16. The first kappa shape index (κ1) is 20.1. The van der Waals surface area contributed by atoms with Gasteiger partial charge in [-0.2, -0.15) is 13.2 Å². The molecule has 7 nitrogen and oxygen atoms in total. The van der Waals surface area contributed by atoms with Crippen molar-refractivity contribution in [3.63, 3.8) is 0 Å². The molecule has 0 bridgehead atoms. The number of amides is 1. The average Bonchev–Trinajstić information content (AvgIpc) is 3.17. The summed E-state index contributed by atoms with van der Waals surface area (Å²) in [5.41, 5.74) is 0.659. The summed E-state index contributed by atoms with van der Waals surface area (Å²) < 4.78 is 40.6. The van der Waals surface area contributed by atoms with Crippen molar-refractivity contribution in [3.05, 3.63) is 54.0 Å². The van der Waals surface area contributed by atoms with E-state index in [-0.39, 0.29) is 11.8 Å². The second kappa shape index (κ2) is 8.29. The minimum atomic E-state index is -4.45. The van der Waals surface area contributed by atoms with Crippen LogP contribution in [0.2, 0.25) is 0 Å². The molecule has 1 aliphatic rings. The van der Waals surface area contributed by atoms with Gasteiger partial charge in [-0.25, -0.2) is 0 Å². The first-order valence-corrected chi connectivity index (χ1v) is 9.75. The van der Waals surface area contributed by atoms with Gasteiger partial charge < -0.3 is 10.2 Å². The third-order valence-electron chi connectivity index (χ3n) is 5.25. The van der Waals surface area contributed by atoms with Gasteiger partial charge in [-0.1, -0.05) is 0 Å². The van der Waals surface area contributed by atoms with Gasteiger partial charge in [-0.3, -0.25) is 14.2 Å². The maximum Gasteiger partial charge on any atom is 0.417 e. The van der Waals surface area contributed by atoms with E-state index >= 15 is 0 Å². The Hall–Kier alpha value is -3.17. The zero-order valence-electron chi connectivity index (χ0n) is 16.1. The number of halogens is 3. The predicted molar refractivity (Wildman–Crippen MR) is 104 cm³/mol. The van der Waals surface area contributed by atoms with Gasteiger partial charge in [0.25, 0.3) is 0 Å². The van der Waals surface area contributed by atoms with Crippen molar-refractivity contribution >= 4 is 17.5 Å². The Balaban J connectivity index is 1.43. The molecular formula is C20H21F3N6O. The van der Waals surface area contributed by atoms with Gasteiger partial charge in [0, 0.05) is 38.2 Å². The number of pyridine rings is 2. The topological polar surface area (TPSA) is 75.4 Å². The van der Waals surface area contributed by atoms with E-state index in [1.807, 2.05) is 17.0 Å². The van der Waals surface area contributed by atoms with Crippen LogP contribution < -0.4 is 10.2 Å². The number of fused-ring (bicyclic) bond motifs is 1. The highest BCUT2D eigenvalue weighted by atomic mass is 19.4. The summed E-state index contributed by atoms with van der Waals surface area (Å²) in [6, 6.07) is 6.09. The summed E-state index contributed by atoms with van der Waals surface area (Å²) >= 11 is 0. The van der Waals surface area contributed by atoms with Crippen molar-refractivity contribution in [2.24, 2.45) is 5.92 Å². The van der Waals surface area contributed by atoms with E-state index in [1.54, 1.807) is 12.4 Å². The fraction of sp³-hybridized carbons (Fsp3) is 0.400. The molecule has 1 N–H and O–H groups in total. The molecule has 0 unspecified atom stereocenters. The molecule has 3 aromatic rings. The van der Waals surface area contributed by atoms with Gasteiger partial charge in [0.1, 0.15) is 0 Å². The van der Waals surface area contributed by atoms with E-state index in [1.165, 1.54) is 10.5 Å². The van der Waals surface area contributed by atoms with Gasteiger partial charge in [0.15, 0.2) is 5.65 Å². The van der Waals surface area contributed by atoms with Gasteiger partial charge in [-0.15, -0.1) is 10.2 Å². The Morgan fingerprint density at radius 3 is 2.73 bits per heavy atom. The smallest absolute Gasteiger partial charge is 0.355 e. The number of hydrogen-bond acceptors (Lipinski definition) is 5. The zero-order chi connectivity index (χ0) is 21.1. The number of rotatable bonds is 5. The molecule has 0 aliphatic carbocycles. The fourth-order valence-electron chi connectivity index (χ4n) is 3.66. The first-order chi connectivity index (χ1) is 14.4. The Morgan fingerprint density at radius 2 is 1.97 bits per heavy atom. The number of anilines is 1. The van der Waals surface area contributed by atoms with E-state index in [0.717, 1.165) is 30.7 Å². The highest BCUT2D eigenvalue weighted by molar-refractivity contribution is 5.79. The summed E-state index contributed by atoms with van der Waals surface area (Å²) in [4.78, 5) is 18.4. The van der Waals surface area contributed by atoms with Gasteiger partial charge in [0.2, 0.25) is 11.9 Å². The summed E-state index contributed by atoms with van der Waals surface area (Å²) in [5.74, 6) is 0.0123. The first-order valence-electron chi connectivity index (χ1n) is 9.75. The lowest BCUT2D eigenvalue weighted by atomic mass is 9.97. The van der Waals surface area contributed by atoms with Crippen molar-refractivity contribution in [1.82, 2.24) is 24.9 Å². The van der Waals surface area contributed by atoms with E-state index in [9.17, 15) is 18.0 Å². The van der Waals surface area contributed by atoms with Crippen molar-refractivity contribution in [1.29, 1.82) is 0 Å². The number of aromatic nitrogens is 4. The van der Waals surface area contributed by atoms with Crippen LogP contribution in [0.4, 0.5) is 19.1 Å². The highest BCUT2D eigenvalue weighted by Gasteiger charge is 2.32. The predicted octanol–water partition coefficient (Wildman–Crippen LogP) is 2.72. The molecule has 1 fully saturated rings. The van der Waals surface area contributed by atoms with Crippen LogP contribution in [-0.4, -0.2) is 45.1 Å². The van der Waals surface area contributed by atoms with Gasteiger partial charge >= 0.3 is 6.18 Å². The van der Waals surface area contributed by atoms with Crippen molar-refractivity contribution in [2.45, 2.75) is 25.4 Å². The molecule has 4 rings (SSSR count). The maximum atomic E-state index is 13.1. The minimum Gasteiger partial charge on any atom is -0.355 e. The molecule has 0 radical (unpaired) electrons. The lowest BCUT2D eigenvalue weighted by Crippen LogP contribution is -2.44. The van der Waals surface area contributed by atoms with Crippen LogP contribution in [0.5, 0.6) is 0 Å². The van der Waals surface area contributed by atoms with Gasteiger partial charge in [0.05, 0.1) is 11.5 Å². The van der Waals surface area contributed by atoms with Crippen molar-refractivity contribution < 1.29 is 18.0 Å². The molecule has 158 valence electrons. The molecule has 3 aromatic heterocycles.